The van der Waals surface area contributed by atoms with Gasteiger partial charge in [-0.2, -0.15) is 4.89 Å². The van der Waals surface area contributed by atoms with Gasteiger partial charge in [0.05, 0.1) is 24.4 Å². The SMILES string of the molecule is COC(C)CCOOC(=O)c1ccc(OC(C)C)cc1. The Bertz CT molecular complexity index is 399. The summed E-state index contributed by atoms with van der Waals surface area (Å²) in [5.41, 5.74) is 0.417. The van der Waals surface area contributed by atoms with Crippen molar-refractivity contribution in [3.05, 3.63) is 29.8 Å². The maximum atomic E-state index is 11.7. The zero-order chi connectivity index (χ0) is 15.0. The summed E-state index contributed by atoms with van der Waals surface area (Å²) in [6, 6.07) is 6.73. The Kier molecular flexibility index (Phi) is 7.04. The number of carbonyl (C=O) groups is 1. The van der Waals surface area contributed by atoms with Gasteiger partial charge in [0.15, 0.2) is 0 Å². The molecule has 5 heteroatoms. The van der Waals surface area contributed by atoms with Crippen LogP contribution in [-0.2, 0) is 14.5 Å². The lowest BCUT2D eigenvalue weighted by Crippen LogP contribution is -2.12. The van der Waals surface area contributed by atoms with Crippen LogP contribution in [0.15, 0.2) is 24.3 Å². The van der Waals surface area contributed by atoms with E-state index < -0.39 is 5.97 Å². The Hall–Kier alpha value is -1.59. The van der Waals surface area contributed by atoms with Crippen molar-refractivity contribution < 1.29 is 24.0 Å². The molecule has 0 aliphatic carbocycles. The van der Waals surface area contributed by atoms with Gasteiger partial charge in [0, 0.05) is 13.5 Å². The number of hydrogen-bond acceptors (Lipinski definition) is 5. The van der Waals surface area contributed by atoms with Crippen molar-refractivity contribution in [2.75, 3.05) is 13.7 Å². The van der Waals surface area contributed by atoms with Crippen LogP contribution in [0.2, 0.25) is 0 Å². The van der Waals surface area contributed by atoms with Crippen LogP contribution in [0.1, 0.15) is 37.6 Å². The maximum Gasteiger partial charge on any atom is 0.373 e. The molecule has 0 aliphatic heterocycles. The molecule has 1 atom stereocenters. The van der Waals surface area contributed by atoms with Crippen LogP contribution in [0, 0.1) is 0 Å². The van der Waals surface area contributed by atoms with E-state index in [1.165, 1.54) is 0 Å². The summed E-state index contributed by atoms with van der Waals surface area (Å²) in [4.78, 5) is 21.2. The second kappa shape index (κ2) is 8.55. The van der Waals surface area contributed by atoms with Gasteiger partial charge >= 0.3 is 5.97 Å². The zero-order valence-corrected chi connectivity index (χ0v) is 12.4. The minimum Gasteiger partial charge on any atom is -0.491 e. The first kappa shape index (κ1) is 16.5. The average molecular weight is 282 g/mol. The first-order valence-electron chi connectivity index (χ1n) is 6.66. The van der Waals surface area contributed by atoms with E-state index in [1.807, 2.05) is 20.8 Å². The number of ether oxygens (including phenoxy) is 2. The van der Waals surface area contributed by atoms with E-state index >= 15 is 0 Å². The molecule has 0 spiro atoms. The quantitative estimate of drug-likeness (QED) is 0.417. The minimum atomic E-state index is -0.522. The van der Waals surface area contributed by atoms with Gasteiger partial charge in [0.25, 0.3) is 0 Å². The second-order valence-electron chi connectivity index (χ2n) is 4.72. The second-order valence-corrected chi connectivity index (χ2v) is 4.72. The highest BCUT2D eigenvalue weighted by Gasteiger charge is 2.09. The van der Waals surface area contributed by atoms with E-state index in [-0.39, 0.29) is 12.2 Å². The summed E-state index contributed by atoms with van der Waals surface area (Å²) in [6.45, 7) is 6.10. The lowest BCUT2D eigenvalue weighted by molar-refractivity contribution is -0.244. The summed E-state index contributed by atoms with van der Waals surface area (Å²) >= 11 is 0. The highest BCUT2D eigenvalue weighted by atomic mass is 17.2. The summed E-state index contributed by atoms with van der Waals surface area (Å²) in [6.07, 6.45) is 0.824. The van der Waals surface area contributed by atoms with Crippen molar-refractivity contribution in [2.24, 2.45) is 0 Å². The van der Waals surface area contributed by atoms with E-state index in [0.717, 1.165) is 0 Å². The van der Waals surface area contributed by atoms with Gasteiger partial charge in [-0.1, -0.05) is 0 Å². The van der Waals surface area contributed by atoms with Crippen LogP contribution < -0.4 is 4.74 Å². The van der Waals surface area contributed by atoms with Crippen LogP contribution in [0.4, 0.5) is 0 Å². The van der Waals surface area contributed by atoms with Crippen LogP contribution in [0.3, 0.4) is 0 Å². The van der Waals surface area contributed by atoms with Gasteiger partial charge in [0.2, 0.25) is 0 Å². The number of benzene rings is 1. The fraction of sp³-hybridized carbons (Fsp3) is 0.533. The maximum absolute atomic E-state index is 11.7. The molecule has 0 fully saturated rings. The lowest BCUT2D eigenvalue weighted by atomic mass is 10.2. The molecule has 0 aromatic heterocycles. The number of rotatable bonds is 8. The third-order valence-electron chi connectivity index (χ3n) is 2.61. The Labute approximate surface area is 119 Å². The average Bonchev–Trinajstić information content (AvgIpc) is 2.43. The molecule has 0 heterocycles. The molecule has 0 radical (unpaired) electrons. The first-order valence-corrected chi connectivity index (χ1v) is 6.66. The van der Waals surface area contributed by atoms with Crippen molar-refractivity contribution in [1.82, 2.24) is 0 Å². The summed E-state index contributed by atoms with van der Waals surface area (Å²) in [7, 11) is 1.62. The third kappa shape index (κ3) is 6.04. The molecular weight excluding hydrogens is 260 g/mol. The smallest absolute Gasteiger partial charge is 0.373 e. The Morgan fingerprint density at radius 3 is 2.35 bits per heavy atom. The van der Waals surface area contributed by atoms with Crippen LogP contribution in [0.25, 0.3) is 0 Å². The predicted octanol–water partition coefficient (Wildman–Crippen LogP) is 2.99. The molecule has 0 bridgehead atoms. The normalized spacial score (nSPS) is 12.2. The largest absolute Gasteiger partial charge is 0.491 e. The predicted molar refractivity (Wildman–Crippen MR) is 74.7 cm³/mol. The van der Waals surface area contributed by atoms with E-state index in [0.29, 0.717) is 24.3 Å². The van der Waals surface area contributed by atoms with Crippen LogP contribution in [0.5, 0.6) is 5.75 Å². The van der Waals surface area contributed by atoms with E-state index in [9.17, 15) is 4.79 Å². The fourth-order valence-electron chi connectivity index (χ4n) is 1.42. The van der Waals surface area contributed by atoms with Crippen molar-refractivity contribution in [1.29, 1.82) is 0 Å². The summed E-state index contributed by atoms with van der Waals surface area (Å²) in [5.74, 6) is 0.192. The molecule has 1 rings (SSSR count). The number of carbonyl (C=O) groups excluding carboxylic acids is 1. The zero-order valence-electron chi connectivity index (χ0n) is 12.4. The van der Waals surface area contributed by atoms with Gasteiger partial charge < -0.3 is 9.47 Å². The Morgan fingerprint density at radius 1 is 1.15 bits per heavy atom. The molecule has 0 saturated heterocycles. The van der Waals surface area contributed by atoms with Gasteiger partial charge in [0.1, 0.15) is 5.75 Å². The molecule has 0 aliphatic rings. The molecule has 0 amide bonds. The van der Waals surface area contributed by atoms with Gasteiger partial charge in [-0.25, -0.2) is 4.79 Å². The lowest BCUT2D eigenvalue weighted by Gasteiger charge is -2.10. The monoisotopic (exact) mass is 282 g/mol. The van der Waals surface area contributed by atoms with E-state index in [4.69, 9.17) is 19.2 Å². The Morgan fingerprint density at radius 2 is 1.80 bits per heavy atom. The highest BCUT2D eigenvalue weighted by molar-refractivity contribution is 5.89. The van der Waals surface area contributed by atoms with E-state index in [1.54, 1.807) is 31.4 Å². The molecule has 1 unspecified atom stereocenters. The fourth-order valence-corrected chi connectivity index (χ4v) is 1.42. The minimum absolute atomic E-state index is 0.0705. The molecule has 20 heavy (non-hydrogen) atoms. The standard InChI is InChI=1S/C15H22O5/c1-11(2)19-14-7-5-13(6-8-14)15(16)20-18-10-9-12(3)17-4/h5-8,11-12H,9-10H2,1-4H3. The van der Waals surface area contributed by atoms with Crippen molar-refractivity contribution >= 4 is 5.97 Å². The molecule has 0 N–H and O–H groups in total. The van der Waals surface area contributed by atoms with Gasteiger partial charge in [-0.05, 0) is 45.0 Å². The van der Waals surface area contributed by atoms with Crippen molar-refractivity contribution in [3.63, 3.8) is 0 Å². The van der Waals surface area contributed by atoms with Crippen molar-refractivity contribution in [3.8, 4) is 5.75 Å². The van der Waals surface area contributed by atoms with Crippen LogP contribution in [-0.4, -0.2) is 31.9 Å². The molecule has 0 saturated carbocycles. The highest BCUT2D eigenvalue weighted by Crippen LogP contribution is 2.14. The molecule has 5 nitrogen and oxygen atoms in total. The molecule has 1 aromatic rings. The van der Waals surface area contributed by atoms with Crippen LogP contribution >= 0.6 is 0 Å². The summed E-state index contributed by atoms with van der Waals surface area (Å²) in [5, 5.41) is 0. The molecule has 1 aromatic carbocycles. The van der Waals surface area contributed by atoms with E-state index in [2.05, 4.69) is 0 Å². The third-order valence-corrected chi connectivity index (χ3v) is 2.61. The Balaban J connectivity index is 2.36. The molecule has 112 valence electrons. The van der Waals surface area contributed by atoms with Gasteiger partial charge in [-0.3, -0.25) is 4.89 Å². The summed E-state index contributed by atoms with van der Waals surface area (Å²) < 4.78 is 10.5. The molecular formula is C15H22O5. The van der Waals surface area contributed by atoms with Gasteiger partial charge in [-0.15, -0.1) is 0 Å². The first-order chi connectivity index (χ1) is 9.52. The number of hydrogen-bond donors (Lipinski definition) is 0. The number of methoxy groups -OCH3 is 1. The van der Waals surface area contributed by atoms with Crippen molar-refractivity contribution in [2.45, 2.75) is 39.4 Å². The topological polar surface area (TPSA) is 54.0 Å².